The standard InChI is InChI=1S/C22H28BrN3O5/c1-20(2,3)31-19(28)24-18-25-22(17(27)26(18)4)15-12-13(23)6-7-16(15)30-21(22)10-8-14(29-5)9-11-21/h6-7,12,14H,8-11H2,1-5H3,(H,24,25,28). The van der Waals surface area contributed by atoms with Crippen LogP contribution < -0.4 is 10.1 Å². The van der Waals surface area contributed by atoms with Crippen LogP contribution in [0.2, 0.25) is 0 Å². The van der Waals surface area contributed by atoms with Gasteiger partial charge in [0.2, 0.25) is 11.5 Å². The molecule has 31 heavy (non-hydrogen) atoms. The van der Waals surface area contributed by atoms with Gasteiger partial charge in [-0.15, -0.1) is 0 Å². The quantitative estimate of drug-likeness (QED) is 0.643. The first kappa shape index (κ1) is 22.1. The third kappa shape index (κ3) is 3.51. The van der Waals surface area contributed by atoms with E-state index < -0.39 is 22.8 Å². The van der Waals surface area contributed by atoms with Crippen molar-refractivity contribution in [2.45, 2.75) is 69.3 Å². The molecule has 168 valence electrons. The van der Waals surface area contributed by atoms with Gasteiger partial charge < -0.3 is 14.2 Å². The zero-order valence-corrected chi connectivity index (χ0v) is 20.0. The molecule has 1 N–H and O–H groups in total. The zero-order chi connectivity index (χ0) is 22.6. The molecule has 1 atom stereocenters. The maximum atomic E-state index is 13.8. The van der Waals surface area contributed by atoms with Crippen LogP contribution in [0.25, 0.3) is 0 Å². The highest BCUT2D eigenvalue weighted by Crippen LogP contribution is 2.58. The molecule has 0 saturated heterocycles. The summed E-state index contributed by atoms with van der Waals surface area (Å²) in [7, 11) is 3.31. The van der Waals surface area contributed by atoms with Crippen LogP contribution in [0.15, 0.2) is 27.7 Å². The van der Waals surface area contributed by atoms with Crippen molar-refractivity contribution in [2.24, 2.45) is 4.99 Å². The predicted molar refractivity (Wildman–Crippen MR) is 118 cm³/mol. The van der Waals surface area contributed by atoms with Crippen LogP contribution in [-0.4, -0.2) is 54.3 Å². The van der Waals surface area contributed by atoms with Gasteiger partial charge in [-0.25, -0.2) is 9.79 Å². The number of carbonyl (C=O) groups is 2. The van der Waals surface area contributed by atoms with E-state index in [0.717, 1.165) is 17.3 Å². The lowest BCUT2D eigenvalue weighted by Gasteiger charge is -2.43. The minimum Gasteiger partial charge on any atom is -0.483 e. The van der Waals surface area contributed by atoms with E-state index in [1.807, 2.05) is 18.2 Å². The highest BCUT2D eigenvalue weighted by atomic mass is 79.9. The molecule has 1 fully saturated rings. The number of methoxy groups -OCH3 is 1. The van der Waals surface area contributed by atoms with E-state index in [0.29, 0.717) is 24.2 Å². The summed E-state index contributed by atoms with van der Waals surface area (Å²) in [5, 5.41) is 2.66. The smallest absolute Gasteiger partial charge is 0.414 e. The van der Waals surface area contributed by atoms with E-state index in [1.165, 1.54) is 4.90 Å². The molecule has 2 amide bonds. The fraction of sp³-hybridized carbons (Fsp3) is 0.591. The van der Waals surface area contributed by atoms with E-state index in [9.17, 15) is 9.59 Å². The number of hydrogen-bond donors (Lipinski definition) is 1. The monoisotopic (exact) mass is 493 g/mol. The van der Waals surface area contributed by atoms with Crippen molar-refractivity contribution in [3.63, 3.8) is 0 Å². The summed E-state index contributed by atoms with van der Waals surface area (Å²) in [5.74, 6) is 0.568. The van der Waals surface area contributed by atoms with Crippen molar-refractivity contribution >= 4 is 33.9 Å². The van der Waals surface area contributed by atoms with Crippen LogP contribution in [0.4, 0.5) is 4.79 Å². The Kier molecular flexibility index (Phi) is 5.33. The second kappa shape index (κ2) is 7.48. The number of carbonyl (C=O) groups excluding carboxylic acids is 2. The van der Waals surface area contributed by atoms with Gasteiger partial charge in [-0.2, -0.15) is 0 Å². The first-order valence-electron chi connectivity index (χ1n) is 10.4. The number of nitrogens with zero attached hydrogens (tertiary/aromatic N) is 2. The molecule has 4 rings (SSSR count). The largest absolute Gasteiger partial charge is 0.483 e. The molecular formula is C22H28BrN3O5. The number of amides is 2. The number of guanidine groups is 1. The maximum absolute atomic E-state index is 13.8. The first-order chi connectivity index (χ1) is 14.5. The Bertz CT molecular complexity index is 949. The Labute approximate surface area is 190 Å². The molecule has 2 aliphatic heterocycles. The van der Waals surface area contributed by atoms with Gasteiger partial charge in [-0.05, 0) is 64.7 Å². The third-order valence-electron chi connectivity index (χ3n) is 6.19. The molecule has 1 unspecified atom stereocenters. The lowest BCUT2D eigenvalue weighted by molar-refractivity contribution is -0.140. The molecular weight excluding hydrogens is 466 g/mol. The maximum Gasteiger partial charge on any atom is 0.414 e. The fourth-order valence-corrected chi connectivity index (χ4v) is 5.12. The molecule has 0 aromatic heterocycles. The molecule has 3 aliphatic rings. The Morgan fingerprint density at radius 2 is 2.00 bits per heavy atom. The molecule has 1 saturated carbocycles. The Morgan fingerprint density at radius 3 is 2.61 bits per heavy atom. The summed E-state index contributed by atoms with van der Waals surface area (Å²) in [6.45, 7) is 5.34. The zero-order valence-electron chi connectivity index (χ0n) is 18.5. The number of nitrogens with one attached hydrogen (secondary N) is 1. The van der Waals surface area contributed by atoms with Crippen molar-refractivity contribution in [1.82, 2.24) is 10.2 Å². The number of benzene rings is 1. The second-order valence-corrected chi connectivity index (χ2v) is 10.2. The molecule has 2 heterocycles. The van der Waals surface area contributed by atoms with Gasteiger partial charge in [0.15, 0.2) is 0 Å². The Balaban J connectivity index is 1.78. The lowest BCUT2D eigenvalue weighted by Crippen LogP contribution is -2.58. The summed E-state index contributed by atoms with van der Waals surface area (Å²) in [6.07, 6.45) is 2.21. The lowest BCUT2D eigenvalue weighted by atomic mass is 9.68. The Morgan fingerprint density at radius 1 is 1.32 bits per heavy atom. The topological polar surface area (TPSA) is 89.5 Å². The summed E-state index contributed by atoms with van der Waals surface area (Å²) in [5.41, 5.74) is -2.08. The van der Waals surface area contributed by atoms with Gasteiger partial charge in [0.05, 0.1) is 6.10 Å². The van der Waals surface area contributed by atoms with Crippen molar-refractivity contribution in [2.75, 3.05) is 14.2 Å². The van der Waals surface area contributed by atoms with E-state index >= 15 is 0 Å². The van der Waals surface area contributed by atoms with Crippen LogP contribution >= 0.6 is 15.9 Å². The molecule has 0 radical (unpaired) electrons. The third-order valence-corrected chi connectivity index (χ3v) is 6.68. The molecule has 2 spiro atoms. The summed E-state index contributed by atoms with van der Waals surface area (Å²) in [6, 6.07) is 5.64. The van der Waals surface area contributed by atoms with Gasteiger partial charge in [-0.3, -0.25) is 15.0 Å². The Hall–Kier alpha value is -2.13. The number of rotatable bonds is 1. The van der Waals surface area contributed by atoms with E-state index in [4.69, 9.17) is 19.2 Å². The molecule has 8 nitrogen and oxygen atoms in total. The molecule has 0 bridgehead atoms. The van der Waals surface area contributed by atoms with E-state index in [-0.39, 0.29) is 18.0 Å². The van der Waals surface area contributed by atoms with E-state index in [2.05, 4.69) is 21.2 Å². The van der Waals surface area contributed by atoms with Crippen molar-refractivity contribution in [3.05, 3.63) is 28.2 Å². The number of ether oxygens (including phenoxy) is 3. The van der Waals surface area contributed by atoms with Gasteiger partial charge in [-0.1, -0.05) is 15.9 Å². The van der Waals surface area contributed by atoms with Gasteiger partial charge in [0.25, 0.3) is 5.91 Å². The summed E-state index contributed by atoms with van der Waals surface area (Å²) in [4.78, 5) is 32.4. The van der Waals surface area contributed by atoms with Crippen LogP contribution in [-0.2, 0) is 19.8 Å². The van der Waals surface area contributed by atoms with Gasteiger partial charge in [0.1, 0.15) is 17.0 Å². The number of likely N-dealkylation sites (N-methyl/N-ethyl adjacent to an activating group) is 1. The average molecular weight is 494 g/mol. The molecule has 1 aromatic rings. The minimum absolute atomic E-state index is 0.124. The van der Waals surface area contributed by atoms with Crippen LogP contribution in [0.5, 0.6) is 5.75 Å². The first-order valence-corrected chi connectivity index (χ1v) is 11.2. The molecule has 1 aromatic carbocycles. The predicted octanol–water partition coefficient (Wildman–Crippen LogP) is 3.72. The average Bonchev–Trinajstić information content (AvgIpc) is 3.09. The van der Waals surface area contributed by atoms with Gasteiger partial charge in [0, 0.05) is 24.2 Å². The number of halogens is 1. The molecule has 1 aliphatic carbocycles. The van der Waals surface area contributed by atoms with Crippen LogP contribution in [0.1, 0.15) is 52.0 Å². The van der Waals surface area contributed by atoms with Crippen molar-refractivity contribution in [3.8, 4) is 5.75 Å². The number of alkyl carbamates (subject to hydrolysis) is 1. The number of hydrogen-bond acceptors (Lipinski definition) is 6. The van der Waals surface area contributed by atoms with Crippen LogP contribution in [0.3, 0.4) is 0 Å². The highest BCUT2D eigenvalue weighted by Gasteiger charge is 2.69. The van der Waals surface area contributed by atoms with Crippen LogP contribution in [0, 0.1) is 0 Å². The minimum atomic E-state index is -1.27. The van der Waals surface area contributed by atoms with Crippen molar-refractivity contribution in [1.29, 1.82) is 0 Å². The number of aliphatic imine (C=N–C) groups is 1. The molecule has 9 heteroatoms. The second-order valence-electron chi connectivity index (χ2n) is 9.31. The fourth-order valence-electron chi connectivity index (χ4n) is 4.76. The highest BCUT2D eigenvalue weighted by molar-refractivity contribution is 9.10. The summed E-state index contributed by atoms with van der Waals surface area (Å²) < 4.78 is 18.2. The number of fused-ring (bicyclic) bond motifs is 3. The normalized spacial score (nSPS) is 29.7. The van der Waals surface area contributed by atoms with Crippen molar-refractivity contribution < 1.29 is 23.8 Å². The van der Waals surface area contributed by atoms with Gasteiger partial charge >= 0.3 is 6.09 Å². The SMILES string of the molecule is COC1CCC2(CC1)Oc1ccc(Br)cc1C21N=C(NC(=O)OC(C)(C)C)N(C)C1=O. The van der Waals surface area contributed by atoms with E-state index in [1.54, 1.807) is 34.9 Å². The summed E-state index contributed by atoms with van der Waals surface area (Å²) >= 11 is 3.51.